The Morgan fingerprint density at radius 2 is 2.00 bits per heavy atom. The maximum atomic E-state index is 11.4. The van der Waals surface area contributed by atoms with Gasteiger partial charge in [0, 0.05) is 11.1 Å². The van der Waals surface area contributed by atoms with Crippen LogP contribution in [0, 0.1) is 0 Å². The standard InChI is InChI=1S/C14H12O5/c1-17-14(16)13-11(6-7-18-13)9-19-12-4-2-10(8-15)3-5-12/h2-8H,9H2,1H3. The second-order valence-electron chi connectivity index (χ2n) is 3.74. The van der Waals surface area contributed by atoms with Crippen LogP contribution >= 0.6 is 0 Å². The minimum Gasteiger partial charge on any atom is -0.489 e. The van der Waals surface area contributed by atoms with Gasteiger partial charge in [-0.15, -0.1) is 0 Å². The molecule has 19 heavy (non-hydrogen) atoms. The van der Waals surface area contributed by atoms with Gasteiger partial charge >= 0.3 is 5.97 Å². The van der Waals surface area contributed by atoms with E-state index in [0.29, 0.717) is 16.9 Å². The minimum absolute atomic E-state index is 0.131. The van der Waals surface area contributed by atoms with Crippen molar-refractivity contribution in [2.24, 2.45) is 0 Å². The molecule has 0 saturated heterocycles. The van der Waals surface area contributed by atoms with E-state index in [-0.39, 0.29) is 12.4 Å². The first-order valence-electron chi connectivity index (χ1n) is 5.57. The van der Waals surface area contributed by atoms with Crippen molar-refractivity contribution in [1.29, 1.82) is 0 Å². The van der Waals surface area contributed by atoms with Gasteiger partial charge in [-0.1, -0.05) is 0 Å². The Morgan fingerprint density at radius 3 is 2.63 bits per heavy atom. The summed E-state index contributed by atoms with van der Waals surface area (Å²) in [6.45, 7) is 0.182. The van der Waals surface area contributed by atoms with Crippen LogP contribution in [0.15, 0.2) is 41.0 Å². The Balaban J connectivity index is 2.04. The van der Waals surface area contributed by atoms with Gasteiger partial charge in [-0.3, -0.25) is 4.79 Å². The smallest absolute Gasteiger partial charge is 0.374 e. The molecule has 0 fully saturated rings. The SMILES string of the molecule is COC(=O)c1occc1COc1ccc(C=O)cc1. The van der Waals surface area contributed by atoms with Crippen molar-refractivity contribution in [2.75, 3.05) is 7.11 Å². The van der Waals surface area contributed by atoms with Gasteiger partial charge in [0.2, 0.25) is 5.76 Å². The van der Waals surface area contributed by atoms with Crippen molar-refractivity contribution in [2.45, 2.75) is 6.61 Å². The van der Waals surface area contributed by atoms with Crippen LogP contribution in [0.3, 0.4) is 0 Å². The first-order valence-corrected chi connectivity index (χ1v) is 5.57. The third-order valence-corrected chi connectivity index (χ3v) is 2.53. The number of esters is 1. The van der Waals surface area contributed by atoms with E-state index < -0.39 is 5.97 Å². The van der Waals surface area contributed by atoms with Gasteiger partial charge in [-0.25, -0.2) is 4.79 Å². The first kappa shape index (κ1) is 12.9. The number of aldehydes is 1. The van der Waals surface area contributed by atoms with Gasteiger partial charge in [0.25, 0.3) is 0 Å². The van der Waals surface area contributed by atoms with E-state index in [0.717, 1.165) is 6.29 Å². The molecule has 5 heteroatoms. The normalized spacial score (nSPS) is 9.95. The molecule has 0 unspecified atom stereocenters. The zero-order chi connectivity index (χ0) is 13.7. The van der Waals surface area contributed by atoms with Crippen molar-refractivity contribution in [3.05, 3.63) is 53.5 Å². The highest BCUT2D eigenvalue weighted by Gasteiger charge is 2.15. The van der Waals surface area contributed by atoms with E-state index in [1.54, 1.807) is 30.3 Å². The predicted octanol–water partition coefficient (Wildman–Crippen LogP) is 2.46. The maximum Gasteiger partial charge on any atom is 0.374 e. The number of rotatable bonds is 5. The fourth-order valence-electron chi connectivity index (χ4n) is 1.52. The average Bonchev–Trinajstić information content (AvgIpc) is 2.93. The predicted molar refractivity (Wildman–Crippen MR) is 66.2 cm³/mol. The van der Waals surface area contributed by atoms with Crippen molar-refractivity contribution in [3.8, 4) is 5.75 Å². The number of hydrogen-bond donors (Lipinski definition) is 0. The van der Waals surface area contributed by atoms with Gasteiger partial charge in [-0.05, 0) is 30.3 Å². The van der Waals surface area contributed by atoms with Gasteiger partial charge in [0.15, 0.2) is 0 Å². The Bertz CT molecular complexity index is 568. The van der Waals surface area contributed by atoms with Crippen LogP contribution in [-0.2, 0) is 11.3 Å². The molecule has 2 aromatic rings. The summed E-state index contributed by atoms with van der Waals surface area (Å²) in [6, 6.07) is 8.31. The zero-order valence-corrected chi connectivity index (χ0v) is 10.3. The fraction of sp³-hybridized carbons (Fsp3) is 0.143. The third-order valence-electron chi connectivity index (χ3n) is 2.53. The topological polar surface area (TPSA) is 65.7 Å². The van der Waals surface area contributed by atoms with Gasteiger partial charge < -0.3 is 13.9 Å². The second-order valence-corrected chi connectivity index (χ2v) is 3.74. The zero-order valence-electron chi connectivity index (χ0n) is 10.3. The van der Waals surface area contributed by atoms with Gasteiger partial charge in [-0.2, -0.15) is 0 Å². The summed E-state index contributed by atoms with van der Waals surface area (Å²) in [7, 11) is 1.29. The molecule has 0 N–H and O–H groups in total. The average molecular weight is 260 g/mol. The number of ether oxygens (including phenoxy) is 2. The van der Waals surface area contributed by atoms with Crippen molar-refractivity contribution in [1.82, 2.24) is 0 Å². The molecule has 0 aliphatic carbocycles. The number of carbonyl (C=O) groups is 2. The number of methoxy groups -OCH3 is 1. The molecular formula is C14H12O5. The molecule has 0 aliphatic rings. The van der Waals surface area contributed by atoms with E-state index in [9.17, 15) is 9.59 Å². The number of furan rings is 1. The van der Waals surface area contributed by atoms with Crippen molar-refractivity contribution >= 4 is 12.3 Å². The van der Waals surface area contributed by atoms with Crippen LogP contribution in [-0.4, -0.2) is 19.4 Å². The van der Waals surface area contributed by atoms with E-state index in [1.165, 1.54) is 13.4 Å². The molecule has 0 amide bonds. The van der Waals surface area contributed by atoms with Crippen molar-refractivity contribution in [3.63, 3.8) is 0 Å². The fourth-order valence-corrected chi connectivity index (χ4v) is 1.52. The summed E-state index contributed by atoms with van der Waals surface area (Å²) in [5.74, 6) is 0.189. The summed E-state index contributed by atoms with van der Waals surface area (Å²) < 4.78 is 15.1. The van der Waals surface area contributed by atoms with E-state index in [4.69, 9.17) is 9.15 Å². The summed E-state index contributed by atoms with van der Waals surface area (Å²) in [5, 5.41) is 0. The van der Waals surface area contributed by atoms with Crippen molar-refractivity contribution < 1.29 is 23.5 Å². The summed E-state index contributed by atoms with van der Waals surface area (Å²) in [4.78, 5) is 21.9. The highest BCUT2D eigenvalue weighted by Crippen LogP contribution is 2.17. The Kier molecular flexibility index (Phi) is 3.97. The van der Waals surface area contributed by atoms with E-state index in [2.05, 4.69) is 4.74 Å². The maximum absolute atomic E-state index is 11.4. The van der Waals surface area contributed by atoms with Crippen LogP contribution in [0.4, 0.5) is 0 Å². The number of benzene rings is 1. The lowest BCUT2D eigenvalue weighted by Gasteiger charge is -2.05. The molecule has 0 aliphatic heterocycles. The largest absolute Gasteiger partial charge is 0.489 e. The van der Waals surface area contributed by atoms with Gasteiger partial charge in [0.1, 0.15) is 18.6 Å². The second kappa shape index (κ2) is 5.86. The molecule has 0 spiro atoms. The molecule has 2 rings (SSSR count). The highest BCUT2D eigenvalue weighted by molar-refractivity contribution is 5.87. The number of hydrogen-bond acceptors (Lipinski definition) is 5. The Hall–Kier alpha value is -2.56. The lowest BCUT2D eigenvalue weighted by molar-refractivity contribution is 0.0561. The summed E-state index contributed by atoms with van der Waals surface area (Å²) >= 11 is 0. The Morgan fingerprint density at radius 1 is 1.26 bits per heavy atom. The van der Waals surface area contributed by atoms with Gasteiger partial charge in [0.05, 0.1) is 13.4 Å². The minimum atomic E-state index is -0.542. The van der Waals surface area contributed by atoms with Crippen LogP contribution in [0.1, 0.15) is 26.5 Å². The molecule has 0 bridgehead atoms. The lowest BCUT2D eigenvalue weighted by atomic mass is 10.2. The molecule has 1 aromatic carbocycles. The van der Waals surface area contributed by atoms with Crippen LogP contribution in [0.2, 0.25) is 0 Å². The molecule has 0 saturated carbocycles. The molecule has 0 atom stereocenters. The van der Waals surface area contributed by atoms with E-state index in [1.807, 2.05) is 0 Å². The van der Waals surface area contributed by atoms with Crippen LogP contribution in [0.25, 0.3) is 0 Å². The van der Waals surface area contributed by atoms with Crippen LogP contribution in [0.5, 0.6) is 5.75 Å². The lowest BCUT2D eigenvalue weighted by Crippen LogP contribution is -2.05. The number of carbonyl (C=O) groups excluding carboxylic acids is 2. The molecular weight excluding hydrogens is 248 g/mol. The molecule has 1 aromatic heterocycles. The third kappa shape index (κ3) is 3.01. The molecule has 5 nitrogen and oxygen atoms in total. The first-order chi connectivity index (χ1) is 9.24. The Labute approximate surface area is 109 Å². The van der Waals surface area contributed by atoms with Crippen LogP contribution < -0.4 is 4.74 Å². The molecule has 98 valence electrons. The van der Waals surface area contributed by atoms with E-state index >= 15 is 0 Å². The summed E-state index contributed by atoms with van der Waals surface area (Å²) in [6.07, 6.45) is 2.16. The molecule has 0 radical (unpaired) electrons. The monoisotopic (exact) mass is 260 g/mol. The molecule has 1 heterocycles. The summed E-state index contributed by atoms with van der Waals surface area (Å²) in [5.41, 5.74) is 1.18. The quantitative estimate of drug-likeness (QED) is 0.610. The highest BCUT2D eigenvalue weighted by atomic mass is 16.5.